The Hall–Kier alpha value is -3.09. The molecule has 0 aliphatic heterocycles. The number of amides is 1. The molecule has 2 rings (SSSR count). The first-order valence-electron chi connectivity index (χ1n) is 9.23. The van der Waals surface area contributed by atoms with Gasteiger partial charge < -0.3 is 20.7 Å². The molecule has 150 valence electrons. The maximum absolute atomic E-state index is 12.9. The van der Waals surface area contributed by atoms with Gasteiger partial charge in [0.05, 0.1) is 7.11 Å². The van der Waals surface area contributed by atoms with E-state index in [4.69, 9.17) is 4.74 Å². The highest BCUT2D eigenvalue weighted by atomic mass is 19.1. The van der Waals surface area contributed by atoms with Crippen LogP contribution in [0, 0.1) is 12.7 Å². The summed E-state index contributed by atoms with van der Waals surface area (Å²) in [7, 11) is 1.66. The molecule has 2 aromatic carbocycles. The van der Waals surface area contributed by atoms with E-state index in [-0.39, 0.29) is 18.3 Å². The molecule has 0 spiro atoms. The highest BCUT2D eigenvalue weighted by molar-refractivity contribution is 5.94. The summed E-state index contributed by atoms with van der Waals surface area (Å²) in [5, 5.41) is 9.02. The average Bonchev–Trinajstić information content (AvgIpc) is 2.68. The van der Waals surface area contributed by atoms with Gasteiger partial charge in [0.1, 0.15) is 18.1 Å². The second-order valence-corrected chi connectivity index (χ2v) is 6.24. The summed E-state index contributed by atoms with van der Waals surface area (Å²) in [6.07, 6.45) is 0.761. The third-order valence-corrected chi connectivity index (χ3v) is 3.98. The van der Waals surface area contributed by atoms with Gasteiger partial charge in [0, 0.05) is 18.8 Å². The zero-order valence-electron chi connectivity index (χ0n) is 16.5. The first-order valence-corrected chi connectivity index (χ1v) is 9.23. The standard InChI is InChI=1S/C21H27FN4O2/c1-4-23-21(24-12-11-16-13-15(2)5-10-19(16)28-3)25-14-20(27)26-18-8-6-17(22)7-9-18/h5-10,13H,4,11-12,14H2,1-3H3,(H,26,27)(H2,23,24,25). The van der Waals surface area contributed by atoms with Gasteiger partial charge in [-0.05, 0) is 56.2 Å². The molecule has 0 radical (unpaired) electrons. The van der Waals surface area contributed by atoms with Crippen LogP contribution in [0.3, 0.4) is 0 Å². The lowest BCUT2D eigenvalue weighted by molar-refractivity contribution is -0.114. The highest BCUT2D eigenvalue weighted by Gasteiger charge is 2.06. The number of nitrogens with one attached hydrogen (secondary N) is 3. The van der Waals surface area contributed by atoms with Gasteiger partial charge in [0.2, 0.25) is 5.91 Å². The van der Waals surface area contributed by atoms with E-state index in [0.29, 0.717) is 24.7 Å². The van der Waals surface area contributed by atoms with Crippen molar-refractivity contribution in [2.24, 2.45) is 4.99 Å². The van der Waals surface area contributed by atoms with Gasteiger partial charge in [-0.2, -0.15) is 0 Å². The average molecular weight is 386 g/mol. The van der Waals surface area contributed by atoms with Gasteiger partial charge in [-0.1, -0.05) is 17.7 Å². The molecular weight excluding hydrogens is 359 g/mol. The number of guanidine groups is 1. The number of hydrogen-bond acceptors (Lipinski definition) is 3. The van der Waals surface area contributed by atoms with Crippen molar-refractivity contribution in [2.75, 3.05) is 32.1 Å². The van der Waals surface area contributed by atoms with Crippen LogP contribution in [0.5, 0.6) is 5.75 Å². The monoisotopic (exact) mass is 386 g/mol. The highest BCUT2D eigenvalue weighted by Crippen LogP contribution is 2.19. The van der Waals surface area contributed by atoms with Crippen LogP contribution in [0.4, 0.5) is 10.1 Å². The van der Waals surface area contributed by atoms with Crippen molar-refractivity contribution in [1.82, 2.24) is 10.6 Å². The molecule has 0 aliphatic rings. The Morgan fingerprint density at radius 1 is 1.14 bits per heavy atom. The summed E-state index contributed by atoms with van der Waals surface area (Å²) in [6.45, 7) is 5.28. The molecule has 28 heavy (non-hydrogen) atoms. The zero-order valence-corrected chi connectivity index (χ0v) is 16.5. The number of carbonyl (C=O) groups excluding carboxylic acids is 1. The third kappa shape index (κ3) is 6.90. The number of carbonyl (C=O) groups is 1. The van der Waals surface area contributed by atoms with Crippen LogP contribution in [0.25, 0.3) is 0 Å². The summed E-state index contributed by atoms with van der Waals surface area (Å²) < 4.78 is 18.3. The molecule has 3 N–H and O–H groups in total. The quantitative estimate of drug-likeness (QED) is 0.482. The molecule has 1 amide bonds. The molecule has 7 heteroatoms. The van der Waals surface area contributed by atoms with Crippen LogP contribution < -0.4 is 20.7 Å². The minimum Gasteiger partial charge on any atom is -0.496 e. The van der Waals surface area contributed by atoms with Crippen molar-refractivity contribution in [1.29, 1.82) is 0 Å². The summed E-state index contributed by atoms with van der Waals surface area (Å²) in [5.41, 5.74) is 2.82. The van der Waals surface area contributed by atoms with Crippen molar-refractivity contribution >= 4 is 17.6 Å². The molecule has 0 aliphatic carbocycles. The Kier molecular flexibility index (Phi) is 8.27. The summed E-state index contributed by atoms with van der Waals surface area (Å²) in [6, 6.07) is 11.7. The summed E-state index contributed by atoms with van der Waals surface area (Å²) >= 11 is 0. The molecule has 0 atom stereocenters. The van der Waals surface area contributed by atoms with Crippen molar-refractivity contribution in [3.05, 3.63) is 59.4 Å². The van der Waals surface area contributed by atoms with Gasteiger partial charge in [0.15, 0.2) is 5.96 Å². The second-order valence-electron chi connectivity index (χ2n) is 6.24. The third-order valence-electron chi connectivity index (χ3n) is 3.98. The maximum Gasteiger partial charge on any atom is 0.246 e. The summed E-state index contributed by atoms with van der Waals surface area (Å²) in [4.78, 5) is 16.3. The Morgan fingerprint density at radius 3 is 2.57 bits per heavy atom. The van der Waals surface area contributed by atoms with E-state index in [1.165, 1.54) is 29.8 Å². The van der Waals surface area contributed by atoms with Crippen molar-refractivity contribution in [3.63, 3.8) is 0 Å². The fraction of sp³-hybridized carbons (Fsp3) is 0.333. The smallest absolute Gasteiger partial charge is 0.246 e. The van der Waals surface area contributed by atoms with Crippen LogP contribution >= 0.6 is 0 Å². The predicted molar refractivity (Wildman–Crippen MR) is 110 cm³/mol. The van der Waals surface area contributed by atoms with Gasteiger partial charge in [-0.3, -0.25) is 4.79 Å². The molecular formula is C21H27FN4O2. The Balaban J connectivity index is 1.88. The number of benzene rings is 2. The van der Waals surface area contributed by atoms with E-state index in [9.17, 15) is 9.18 Å². The second kappa shape index (κ2) is 10.9. The lowest BCUT2D eigenvalue weighted by Gasteiger charge is -2.13. The van der Waals surface area contributed by atoms with E-state index < -0.39 is 0 Å². The summed E-state index contributed by atoms with van der Waals surface area (Å²) in [5.74, 6) is 0.792. The van der Waals surface area contributed by atoms with Crippen molar-refractivity contribution in [2.45, 2.75) is 20.3 Å². The molecule has 0 heterocycles. The Morgan fingerprint density at radius 2 is 1.89 bits per heavy atom. The van der Waals surface area contributed by atoms with Crippen molar-refractivity contribution < 1.29 is 13.9 Å². The fourth-order valence-electron chi connectivity index (χ4n) is 2.64. The van der Waals surface area contributed by atoms with E-state index in [2.05, 4.69) is 27.0 Å². The topological polar surface area (TPSA) is 74.8 Å². The molecule has 0 fully saturated rings. The van der Waals surface area contributed by atoms with Crippen LogP contribution in [0.15, 0.2) is 47.5 Å². The van der Waals surface area contributed by atoms with Gasteiger partial charge in [-0.25, -0.2) is 9.38 Å². The number of aryl methyl sites for hydroxylation is 1. The lowest BCUT2D eigenvalue weighted by atomic mass is 10.1. The Labute approximate surface area is 165 Å². The molecule has 2 aromatic rings. The van der Waals surface area contributed by atoms with Gasteiger partial charge in [-0.15, -0.1) is 0 Å². The predicted octanol–water partition coefficient (Wildman–Crippen LogP) is 2.88. The van der Waals surface area contributed by atoms with Gasteiger partial charge >= 0.3 is 0 Å². The molecule has 0 saturated carbocycles. The number of aliphatic imine (C=N–C) groups is 1. The molecule has 6 nitrogen and oxygen atoms in total. The van der Waals surface area contributed by atoms with E-state index in [1.807, 2.05) is 26.0 Å². The number of rotatable bonds is 8. The first-order chi connectivity index (χ1) is 13.5. The van der Waals surface area contributed by atoms with Gasteiger partial charge in [0.25, 0.3) is 0 Å². The zero-order chi connectivity index (χ0) is 20.4. The number of anilines is 1. The van der Waals surface area contributed by atoms with E-state index in [1.54, 1.807) is 7.11 Å². The molecule has 0 saturated heterocycles. The number of nitrogens with zero attached hydrogens (tertiary/aromatic N) is 1. The normalized spacial score (nSPS) is 11.1. The van der Waals surface area contributed by atoms with Crippen LogP contribution in [-0.4, -0.2) is 38.6 Å². The first kappa shape index (κ1) is 21.2. The molecule has 0 unspecified atom stereocenters. The SMILES string of the molecule is CCNC(=NCC(=O)Nc1ccc(F)cc1)NCCc1cc(C)ccc1OC. The van der Waals surface area contributed by atoms with Crippen LogP contribution in [-0.2, 0) is 11.2 Å². The van der Waals surface area contributed by atoms with E-state index >= 15 is 0 Å². The fourth-order valence-corrected chi connectivity index (χ4v) is 2.64. The minimum atomic E-state index is -0.347. The van der Waals surface area contributed by atoms with Crippen molar-refractivity contribution in [3.8, 4) is 5.75 Å². The maximum atomic E-state index is 12.9. The molecule has 0 aromatic heterocycles. The minimum absolute atomic E-state index is 0.0412. The van der Waals surface area contributed by atoms with Crippen LogP contribution in [0.1, 0.15) is 18.1 Å². The lowest BCUT2D eigenvalue weighted by Crippen LogP contribution is -2.39. The molecule has 0 bridgehead atoms. The number of halogens is 1. The van der Waals surface area contributed by atoms with Crippen LogP contribution in [0.2, 0.25) is 0 Å². The van der Waals surface area contributed by atoms with E-state index in [0.717, 1.165) is 17.7 Å². The number of ether oxygens (including phenoxy) is 1. The Bertz CT molecular complexity index is 807. The number of methoxy groups -OCH3 is 1. The largest absolute Gasteiger partial charge is 0.496 e. The number of hydrogen-bond donors (Lipinski definition) is 3.